The van der Waals surface area contributed by atoms with Gasteiger partial charge in [-0.05, 0) is 54.3 Å². The van der Waals surface area contributed by atoms with E-state index in [1.54, 1.807) is 25.4 Å². The monoisotopic (exact) mass is 571 g/mol. The minimum Gasteiger partial charge on any atom is -0.493 e. The molecule has 2 N–H and O–H groups in total. The van der Waals surface area contributed by atoms with E-state index in [1.807, 2.05) is 35.1 Å². The van der Waals surface area contributed by atoms with Crippen molar-refractivity contribution in [3.8, 4) is 17.2 Å². The number of hydrogen-bond acceptors (Lipinski definition) is 4. The largest absolute Gasteiger partial charge is 0.493 e. The van der Waals surface area contributed by atoms with E-state index in [2.05, 4.69) is 37.6 Å². The molecule has 33 heavy (non-hydrogen) atoms. The zero-order chi connectivity index (χ0) is 22.8. The SMILES string of the molecule is CN=C(NCCc1ccc(-n2cccn2)cc1)NCCc1ccc(OC)c(OC(F)F)c1.I. The molecule has 0 aliphatic rings. The van der Waals surface area contributed by atoms with Gasteiger partial charge in [0.2, 0.25) is 0 Å². The summed E-state index contributed by atoms with van der Waals surface area (Å²) >= 11 is 0. The molecule has 0 unspecified atom stereocenters. The molecule has 3 aromatic rings. The van der Waals surface area contributed by atoms with Crippen molar-refractivity contribution in [2.75, 3.05) is 27.2 Å². The van der Waals surface area contributed by atoms with E-state index in [-0.39, 0.29) is 35.5 Å². The maximum atomic E-state index is 12.6. The molecule has 0 amide bonds. The minimum atomic E-state index is -2.90. The summed E-state index contributed by atoms with van der Waals surface area (Å²) in [5.41, 5.74) is 3.07. The first kappa shape index (κ1) is 26.4. The lowest BCUT2D eigenvalue weighted by atomic mass is 10.1. The highest BCUT2D eigenvalue weighted by Crippen LogP contribution is 2.29. The van der Waals surface area contributed by atoms with E-state index < -0.39 is 6.61 Å². The summed E-state index contributed by atoms with van der Waals surface area (Å²) in [6.45, 7) is -1.60. The normalized spacial score (nSPS) is 11.1. The topological polar surface area (TPSA) is 72.7 Å². The quantitative estimate of drug-likeness (QED) is 0.218. The summed E-state index contributed by atoms with van der Waals surface area (Å²) in [6.07, 6.45) is 5.11. The van der Waals surface area contributed by atoms with Gasteiger partial charge in [-0.2, -0.15) is 13.9 Å². The molecule has 0 spiro atoms. The van der Waals surface area contributed by atoms with E-state index in [1.165, 1.54) is 12.7 Å². The first-order valence-electron chi connectivity index (χ1n) is 10.2. The second-order valence-electron chi connectivity index (χ2n) is 6.91. The second kappa shape index (κ2) is 13.6. The molecule has 0 radical (unpaired) electrons. The number of benzene rings is 2. The van der Waals surface area contributed by atoms with Gasteiger partial charge in [-0.15, -0.1) is 24.0 Å². The van der Waals surface area contributed by atoms with Crippen LogP contribution in [0.1, 0.15) is 11.1 Å². The number of ether oxygens (including phenoxy) is 2. The Bertz CT molecular complexity index is 999. The fourth-order valence-corrected chi connectivity index (χ4v) is 3.17. The van der Waals surface area contributed by atoms with Crippen LogP contribution in [0.2, 0.25) is 0 Å². The van der Waals surface area contributed by atoms with Crippen LogP contribution in [0.4, 0.5) is 8.78 Å². The number of methoxy groups -OCH3 is 1. The maximum Gasteiger partial charge on any atom is 0.387 e. The second-order valence-corrected chi connectivity index (χ2v) is 6.91. The van der Waals surface area contributed by atoms with Crippen molar-refractivity contribution in [3.63, 3.8) is 0 Å². The summed E-state index contributed by atoms with van der Waals surface area (Å²) < 4.78 is 36.6. The Balaban J connectivity index is 0.00000385. The summed E-state index contributed by atoms with van der Waals surface area (Å²) in [5.74, 6) is 0.981. The van der Waals surface area contributed by atoms with Crippen LogP contribution >= 0.6 is 24.0 Å². The summed E-state index contributed by atoms with van der Waals surface area (Å²) in [7, 11) is 3.12. The molecule has 0 saturated carbocycles. The molecule has 1 heterocycles. The zero-order valence-electron chi connectivity index (χ0n) is 18.5. The van der Waals surface area contributed by atoms with Crippen LogP contribution in [0.5, 0.6) is 11.5 Å². The van der Waals surface area contributed by atoms with Crippen molar-refractivity contribution in [2.24, 2.45) is 4.99 Å². The number of nitrogens with zero attached hydrogens (tertiary/aromatic N) is 3. The smallest absolute Gasteiger partial charge is 0.387 e. The highest BCUT2D eigenvalue weighted by Gasteiger charge is 2.11. The summed E-state index contributed by atoms with van der Waals surface area (Å²) in [5, 5.41) is 10.7. The van der Waals surface area contributed by atoms with Crippen molar-refractivity contribution in [1.29, 1.82) is 0 Å². The lowest BCUT2D eigenvalue weighted by Gasteiger charge is -2.14. The number of aliphatic imine (C=N–C) groups is 1. The van der Waals surface area contributed by atoms with Crippen molar-refractivity contribution in [1.82, 2.24) is 20.4 Å². The molecule has 7 nitrogen and oxygen atoms in total. The van der Waals surface area contributed by atoms with Crippen molar-refractivity contribution in [3.05, 3.63) is 72.1 Å². The van der Waals surface area contributed by atoms with Gasteiger partial charge in [0.05, 0.1) is 12.8 Å². The van der Waals surface area contributed by atoms with Gasteiger partial charge in [0.15, 0.2) is 17.5 Å². The fourth-order valence-electron chi connectivity index (χ4n) is 3.17. The summed E-state index contributed by atoms with van der Waals surface area (Å²) in [4.78, 5) is 4.22. The Morgan fingerprint density at radius 2 is 1.70 bits per heavy atom. The van der Waals surface area contributed by atoms with Crippen LogP contribution in [0.15, 0.2) is 65.9 Å². The molecule has 2 aromatic carbocycles. The number of hydrogen-bond donors (Lipinski definition) is 2. The Morgan fingerprint density at radius 1 is 1.03 bits per heavy atom. The average Bonchev–Trinajstić information content (AvgIpc) is 3.33. The molecule has 10 heteroatoms. The van der Waals surface area contributed by atoms with E-state index in [0.717, 1.165) is 24.2 Å². The Hall–Kier alpha value is -2.89. The van der Waals surface area contributed by atoms with Gasteiger partial charge in [0.25, 0.3) is 0 Å². The molecular weight excluding hydrogens is 543 g/mol. The van der Waals surface area contributed by atoms with Gasteiger partial charge >= 0.3 is 6.61 Å². The van der Waals surface area contributed by atoms with E-state index in [0.29, 0.717) is 18.9 Å². The molecule has 178 valence electrons. The van der Waals surface area contributed by atoms with E-state index >= 15 is 0 Å². The van der Waals surface area contributed by atoms with Crippen LogP contribution in [-0.2, 0) is 12.8 Å². The van der Waals surface area contributed by atoms with Crippen molar-refractivity contribution < 1.29 is 18.3 Å². The Labute approximate surface area is 209 Å². The van der Waals surface area contributed by atoms with Crippen LogP contribution in [0.3, 0.4) is 0 Å². The van der Waals surface area contributed by atoms with Gasteiger partial charge in [-0.3, -0.25) is 4.99 Å². The molecule has 0 fully saturated rings. The molecule has 0 atom stereocenters. The summed E-state index contributed by atoms with van der Waals surface area (Å²) in [6, 6.07) is 15.1. The molecule has 0 aliphatic carbocycles. The van der Waals surface area contributed by atoms with Gasteiger partial charge in [0.1, 0.15) is 0 Å². The molecular formula is C23H28F2IN5O2. The number of rotatable bonds is 10. The van der Waals surface area contributed by atoms with Crippen molar-refractivity contribution >= 4 is 29.9 Å². The lowest BCUT2D eigenvalue weighted by Crippen LogP contribution is -2.39. The Kier molecular flexibility index (Phi) is 10.9. The number of alkyl halides is 2. The molecule has 1 aromatic heterocycles. The van der Waals surface area contributed by atoms with E-state index in [9.17, 15) is 8.78 Å². The highest BCUT2D eigenvalue weighted by molar-refractivity contribution is 14.0. The number of halogens is 3. The third kappa shape index (κ3) is 8.19. The number of guanidine groups is 1. The van der Waals surface area contributed by atoms with Gasteiger partial charge in [-0.1, -0.05) is 18.2 Å². The lowest BCUT2D eigenvalue weighted by molar-refractivity contribution is -0.0512. The van der Waals surface area contributed by atoms with Crippen molar-refractivity contribution in [2.45, 2.75) is 19.5 Å². The first-order chi connectivity index (χ1) is 15.6. The highest BCUT2D eigenvalue weighted by atomic mass is 127. The molecule has 3 rings (SSSR count). The number of aromatic nitrogens is 2. The maximum absolute atomic E-state index is 12.6. The van der Waals surface area contributed by atoms with Crippen LogP contribution in [-0.4, -0.2) is 49.6 Å². The molecule has 0 saturated heterocycles. The van der Waals surface area contributed by atoms with Crippen LogP contribution in [0, 0.1) is 0 Å². The molecule has 0 bridgehead atoms. The van der Waals surface area contributed by atoms with Gasteiger partial charge in [0, 0.05) is 32.5 Å². The first-order valence-corrected chi connectivity index (χ1v) is 10.2. The minimum absolute atomic E-state index is 0. The third-order valence-electron chi connectivity index (χ3n) is 4.79. The van der Waals surface area contributed by atoms with Crippen LogP contribution in [0.25, 0.3) is 5.69 Å². The third-order valence-corrected chi connectivity index (χ3v) is 4.79. The standard InChI is InChI=1S/C23H27F2N5O2.HI/c1-26-23(27-13-10-17-4-7-19(8-5-17)30-15-3-12-29-30)28-14-11-18-6-9-20(31-2)21(16-18)32-22(24)25;/h3-9,12,15-16,22H,10-11,13-14H2,1-2H3,(H2,26,27,28);1H. The predicted octanol–water partition coefficient (Wildman–Crippen LogP) is 4.05. The number of nitrogens with one attached hydrogen (secondary N) is 2. The fraction of sp³-hybridized carbons (Fsp3) is 0.304. The molecule has 0 aliphatic heterocycles. The zero-order valence-corrected chi connectivity index (χ0v) is 20.8. The van der Waals surface area contributed by atoms with Gasteiger partial charge < -0.3 is 20.1 Å². The average molecular weight is 571 g/mol. The predicted molar refractivity (Wildman–Crippen MR) is 135 cm³/mol. The van der Waals surface area contributed by atoms with Crippen LogP contribution < -0.4 is 20.1 Å². The van der Waals surface area contributed by atoms with Gasteiger partial charge in [-0.25, -0.2) is 4.68 Å². The van der Waals surface area contributed by atoms with E-state index in [4.69, 9.17) is 4.74 Å². The Morgan fingerprint density at radius 3 is 2.27 bits per heavy atom.